The van der Waals surface area contributed by atoms with E-state index >= 15 is 0 Å². The third kappa shape index (κ3) is 3.45. The molecule has 104 valence electrons. The highest BCUT2D eigenvalue weighted by Crippen LogP contribution is 2.25. The quantitative estimate of drug-likeness (QED) is 0.805. The van der Waals surface area contributed by atoms with Gasteiger partial charge >= 0.3 is 0 Å². The maximum atomic E-state index is 12.3. The van der Waals surface area contributed by atoms with Gasteiger partial charge in [-0.15, -0.1) is 0 Å². The van der Waals surface area contributed by atoms with Gasteiger partial charge in [-0.1, -0.05) is 6.92 Å². The van der Waals surface area contributed by atoms with E-state index in [1.54, 1.807) is 0 Å². The SMILES string of the molecule is CC[C@H]1OCCC[C@H]1C(=O)NC1CCC(O)CC1. The van der Waals surface area contributed by atoms with E-state index in [-0.39, 0.29) is 30.1 Å². The van der Waals surface area contributed by atoms with Crippen LogP contribution in [-0.2, 0) is 9.53 Å². The van der Waals surface area contributed by atoms with Crippen molar-refractivity contribution in [3.63, 3.8) is 0 Å². The molecule has 2 fully saturated rings. The smallest absolute Gasteiger partial charge is 0.225 e. The number of carbonyl (C=O) groups excluding carboxylic acids is 1. The molecule has 2 aliphatic rings. The number of aliphatic hydroxyl groups is 1. The lowest BCUT2D eigenvalue weighted by molar-refractivity contribution is -0.135. The fraction of sp³-hybridized carbons (Fsp3) is 0.929. The predicted octanol–water partition coefficient (Wildman–Crippen LogP) is 1.61. The molecule has 0 aromatic rings. The number of aliphatic hydroxyl groups excluding tert-OH is 1. The highest BCUT2D eigenvalue weighted by Gasteiger charge is 2.32. The maximum absolute atomic E-state index is 12.3. The van der Waals surface area contributed by atoms with Crippen LogP contribution < -0.4 is 5.32 Å². The summed E-state index contributed by atoms with van der Waals surface area (Å²) in [6, 6.07) is 0.250. The number of hydrogen-bond donors (Lipinski definition) is 2. The van der Waals surface area contributed by atoms with Gasteiger partial charge in [0.05, 0.1) is 18.1 Å². The van der Waals surface area contributed by atoms with Crippen molar-refractivity contribution >= 4 is 5.91 Å². The van der Waals surface area contributed by atoms with Crippen LogP contribution in [0.4, 0.5) is 0 Å². The zero-order chi connectivity index (χ0) is 13.0. The number of ether oxygens (including phenoxy) is 1. The molecule has 1 heterocycles. The zero-order valence-corrected chi connectivity index (χ0v) is 11.2. The summed E-state index contributed by atoms with van der Waals surface area (Å²) in [6.45, 7) is 2.87. The first-order valence-corrected chi connectivity index (χ1v) is 7.30. The lowest BCUT2D eigenvalue weighted by Crippen LogP contribution is -2.46. The molecular weight excluding hydrogens is 230 g/mol. The van der Waals surface area contributed by atoms with E-state index in [1.807, 2.05) is 0 Å². The second-order valence-corrected chi connectivity index (χ2v) is 5.58. The van der Waals surface area contributed by atoms with E-state index in [9.17, 15) is 9.90 Å². The topological polar surface area (TPSA) is 58.6 Å². The zero-order valence-electron chi connectivity index (χ0n) is 11.2. The molecule has 2 N–H and O–H groups in total. The molecule has 1 amide bonds. The molecule has 1 saturated carbocycles. The van der Waals surface area contributed by atoms with E-state index in [4.69, 9.17) is 4.74 Å². The number of carbonyl (C=O) groups is 1. The van der Waals surface area contributed by atoms with Crippen molar-refractivity contribution in [2.75, 3.05) is 6.61 Å². The van der Waals surface area contributed by atoms with Crippen molar-refractivity contribution in [2.24, 2.45) is 5.92 Å². The Hall–Kier alpha value is -0.610. The summed E-state index contributed by atoms with van der Waals surface area (Å²) < 4.78 is 5.67. The highest BCUT2D eigenvalue weighted by molar-refractivity contribution is 5.79. The second-order valence-electron chi connectivity index (χ2n) is 5.58. The molecule has 4 heteroatoms. The van der Waals surface area contributed by atoms with Gasteiger partial charge in [0, 0.05) is 12.6 Å². The fourth-order valence-electron chi connectivity index (χ4n) is 3.07. The van der Waals surface area contributed by atoms with Crippen molar-refractivity contribution in [3.8, 4) is 0 Å². The highest BCUT2D eigenvalue weighted by atomic mass is 16.5. The van der Waals surface area contributed by atoms with Gasteiger partial charge < -0.3 is 15.2 Å². The average Bonchev–Trinajstić information content (AvgIpc) is 2.41. The van der Waals surface area contributed by atoms with Crippen LogP contribution in [0, 0.1) is 5.92 Å². The molecule has 1 aliphatic carbocycles. The molecule has 2 rings (SSSR count). The summed E-state index contributed by atoms with van der Waals surface area (Å²) in [7, 11) is 0. The Labute approximate surface area is 109 Å². The van der Waals surface area contributed by atoms with E-state index < -0.39 is 0 Å². The number of rotatable bonds is 3. The molecule has 0 radical (unpaired) electrons. The summed E-state index contributed by atoms with van der Waals surface area (Å²) in [5.41, 5.74) is 0. The minimum atomic E-state index is -0.167. The van der Waals surface area contributed by atoms with Gasteiger partial charge in [0.1, 0.15) is 0 Å². The fourth-order valence-corrected chi connectivity index (χ4v) is 3.07. The summed E-state index contributed by atoms with van der Waals surface area (Å²) in [4.78, 5) is 12.3. The largest absolute Gasteiger partial charge is 0.393 e. The van der Waals surface area contributed by atoms with Gasteiger partial charge in [-0.25, -0.2) is 0 Å². The van der Waals surface area contributed by atoms with Crippen LogP contribution in [0.3, 0.4) is 0 Å². The van der Waals surface area contributed by atoms with Crippen molar-refractivity contribution in [1.82, 2.24) is 5.32 Å². The summed E-state index contributed by atoms with van der Waals surface area (Å²) >= 11 is 0. The number of nitrogens with one attached hydrogen (secondary N) is 1. The van der Waals surface area contributed by atoms with Crippen LogP contribution in [-0.4, -0.2) is 35.9 Å². The third-order valence-corrected chi connectivity index (χ3v) is 4.22. The molecule has 2 atom stereocenters. The van der Waals surface area contributed by atoms with E-state index in [2.05, 4.69) is 12.2 Å². The van der Waals surface area contributed by atoms with Crippen LogP contribution >= 0.6 is 0 Å². The van der Waals surface area contributed by atoms with Crippen LogP contribution in [0.1, 0.15) is 51.9 Å². The van der Waals surface area contributed by atoms with Crippen molar-refractivity contribution in [1.29, 1.82) is 0 Å². The Morgan fingerprint density at radius 1 is 1.28 bits per heavy atom. The van der Waals surface area contributed by atoms with Gasteiger partial charge in [0.15, 0.2) is 0 Å². The summed E-state index contributed by atoms with van der Waals surface area (Å²) in [6.07, 6.45) is 6.17. The molecule has 0 bridgehead atoms. The number of hydrogen-bond acceptors (Lipinski definition) is 3. The molecule has 0 aromatic heterocycles. The Kier molecular flexibility index (Phi) is 5.01. The Bertz CT molecular complexity index is 274. The van der Waals surface area contributed by atoms with Crippen LogP contribution in [0.25, 0.3) is 0 Å². The standard InChI is InChI=1S/C14H25NO3/c1-2-13-12(4-3-9-18-13)14(17)15-10-5-7-11(16)8-6-10/h10-13,16H,2-9H2,1H3,(H,15,17)/t10?,11?,12-,13-/m1/s1. The molecule has 0 spiro atoms. The van der Waals surface area contributed by atoms with Gasteiger partial charge in [0.2, 0.25) is 5.91 Å². The normalized spacial score (nSPS) is 37.2. The van der Waals surface area contributed by atoms with Crippen molar-refractivity contribution < 1.29 is 14.6 Å². The molecular formula is C14H25NO3. The summed E-state index contributed by atoms with van der Waals surface area (Å²) in [5.74, 6) is 0.179. The maximum Gasteiger partial charge on any atom is 0.225 e. The Balaban J connectivity index is 1.82. The van der Waals surface area contributed by atoms with E-state index in [0.717, 1.165) is 51.6 Å². The van der Waals surface area contributed by atoms with Gasteiger partial charge in [-0.05, 0) is 44.9 Å². The number of amides is 1. The molecule has 18 heavy (non-hydrogen) atoms. The molecule has 0 aromatic carbocycles. The average molecular weight is 255 g/mol. The van der Waals surface area contributed by atoms with Gasteiger partial charge in [-0.3, -0.25) is 4.79 Å². The molecule has 1 aliphatic heterocycles. The van der Waals surface area contributed by atoms with Crippen LogP contribution in [0.5, 0.6) is 0 Å². The molecule has 1 saturated heterocycles. The third-order valence-electron chi connectivity index (χ3n) is 4.22. The first-order valence-electron chi connectivity index (χ1n) is 7.30. The van der Waals surface area contributed by atoms with E-state index in [0.29, 0.717) is 0 Å². The van der Waals surface area contributed by atoms with Crippen LogP contribution in [0.15, 0.2) is 0 Å². The summed E-state index contributed by atoms with van der Waals surface area (Å²) in [5, 5.41) is 12.6. The Morgan fingerprint density at radius 3 is 2.67 bits per heavy atom. The predicted molar refractivity (Wildman–Crippen MR) is 69.2 cm³/mol. The van der Waals surface area contributed by atoms with E-state index in [1.165, 1.54) is 0 Å². The van der Waals surface area contributed by atoms with Gasteiger partial charge in [-0.2, -0.15) is 0 Å². The lowest BCUT2D eigenvalue weighted by Gasteiger charge is -2.33. The lowest BCUT2D eigenvalue weighted by atomic mass is 9.89. The van der Waals surface area contributed by atoms with Crippen molar-refractivity contribution in [3.05, 3.63) is 0 Å². The van der Waals surface area contributed by atoms with Crippen molar-refractivity contribution in [2.45, 2.75) is 70.1 Å². The Morgan fingerprint density at radius 2 is 2.00 bits per heavy atom. The first-order chi connectivity index (χ1) is 8.70. The van der Waals surface area contributed by atoms with Crippen LogP contribution in [0.2, 0.25) is 0 Å². The molecule has 0 unspecified atom stereocenters. The monoisotopic (exact) mass is 255 g/mol. The molecule has 4 nitrogen and oxygen atoms in total. The second kappa shape index (κ2) is 6.53. The minimum absolute atomic E-state index is 0.0237. The van der Waals surface area contributed by atoms with Gasteiger partial charge in [0.25, 0.3) is 0 Å². The minimum Gasteiger partial charge on any atom is -0.393 e. The first kappa shape index (κ1) is 13.8.